The summed E-state index contributed by atoms with van der Waals surface area (Å²) >= 11 is 1.68. The minimum Gasteiger partial charge on any atom is -0.481 e. The number of nitrogens with zero attached hydrogens (tertiary/aromatic N) is 2. The Balaban J connectivity index is 1.85. The van der Waals surface area contributed by atoms with Gasteiger partial charge in [0.05, 0.1) is 17.8 Å². The van der Waals surface area contributed by atoms with Gasteiger partial charge in [-0.2, -0.15) is 4.98 Å². The highest BCUT2D eigenvalue weighted by atomic mass is 32.1. The van der Waals surface area contributed by atoms with Crippen LogP contribution in [0.3, 0.4) is 0 Å². The minimum absolute atomic E-state index is 0.625. The van der Waals surface area contributed by atoms with Crippen LogP contribution < -0.4 is 10.1 Å². The third kappa shape index (κ3) is 3.42. The lowest BCUT2D eigenvalue weighted by atomic mass is 10.3. The monoisotopic (exact) mass is 249 g/mol. The molecule has 0 saturated heterocycles. The van der Waals surface area contributed by atoms with E-state index in [0.717, 1.165) is 29.5 Å². The van der Waals surface area contributed by atoms with Gasteiger partial charge in [-0.1, -0.05) is 6.07 Å². The Labute approximate surface area is 105 Å². The van der Waals surface area contributed by atoms with E-state index >= 15 is 0 Å². The van der Waals surface area contributed by atoms with Crippen molar-refractivity contribution >= 4 is 17.2 Å². The fourth-order valence-electron chi connectivity index (χ4n) is 1.47. The molecule has 0 unspecified atom stereocenters. The molecule has 90 valence electrons. The molecule has 0 aromatic carbocycles. The molecule has 0 aliphatic heterocycles. The maximum atomic E-state index is 5.06. The number of thiazole rings is 1. The van der Waals surface area contributed by atoms with Crippen molar-refractivity contribution in [2.75, 3.05) is 19.0 Å². The van der Waals surface area contributed by atoms with Gasteiger partial charge < -0.3 is 10.1 Å². The molecule has 5 heteroatoms. The topological polar surface area (TPSA) is 47.0 Å². The summed E-state index contributed by atoms with van der Waals surface area (Å²) in [5.74, 6) is 1.45. The molecule has 0 radical (unpaired) electrons. The van der Waals surface area contributed by atoms with Gasteiger partial charge in [-0.15, -0.1) is 11.3 Å². The van der Waals surface area contributed by atoms with Gasteiger partial charge in [-0.25, -0.2) is 4.98 Å². The zero-order valence-electron chi connectivity index (χ0n) is 9.93. The number of pyridine rings is 1. The lowest BCUT2D eigenvalue weighted by Gasteiger charge is -2.05. The van der Waals surface area contributed by atoms with Crippen LogP contribution in [0.4, 0.5) is 5.82 Å². The van der Waals surface area contributed by atoms with Gasteiger partial charge in [0.2, 0.25) is 5.88 Å². The van der Waals surface area contributed by atoms with Crippen LogP contribution in [0.15, 0.2) is 23.6 Å². The van der Waals surface area contributed by atoms with E-state index in [1.807, 2.05) is 25.1 Å². The number of aromatic nitrogens is 2. The predicted octanol–water partition coefficient (Wildman–Crippen LogP) is 2.51. The Kier molecular flexibility index (Phi) is 3.93. The smallest absolute Gasteiger partial charge is 0.214 e. The molecule has 0 fully saturated rings. The van der Waals surface area contributed by atoms with Crippen LogP contribution >= 0.6 is 11.3 Å². The standard InChI is InChI=1S/C12H15N3OS/c1-9-14-10(8-17-9)6-7-13-11-4-3-5-12(15-11)16-2/h3-5,8H,6-7H2,1-2H3,(H,13,15). The largest absolute Gasteiger partial charge is 0.481 e. The van der Waals surface area contributed by atoms with Gasteiger partial charge in [0.1, 0.15) is 5.82 Å². The molecule has 0 atom stereocenters. The molecule has 0 bridgehead atoms. The highest BCUT2D eigenvalue weighted by molar-refractivity contribution is 7.09. The molecule has 0 aliphatic carbocycles. The Bertz CT molecular complexity index is 484. The fraction of sp³-hybridized carbons (Fsp3) is 0.333. The minimum atomic E-state index is 0.625. The molecule has 2 rings (SSSR count). The molecule has 4 nitrogen and oxygen atoms in total. The van der Waals surface area contributed by atoms with Crippen LogP contribution in [-0.2, 0) is 6.42 Å². The fourth-order valence-corrected chi connectivity index (χ4v) is 2.12. The van der Waals surface area contributed by atoms with Crippen molar-refractivity contribution in [1.29, 1.82) is 0 Å². The van der Waals surface area contributed by atoms with Crippen molar-refractivity contribution in [3.05, 3.63) is 34.3 Å². The Morgan fingerprint density at radius 3 is 2.94 bits per heavy atom. The van der Waals surface area contributed by atoms with Crippen LogP contribution in [0.2, 0.25) is 0 Å². The summed E-state index contributed by atoms with van der Waals surface area (Å²) in [7, 11) is 1.62. The third-order valence-corrected chi connectivity index (χ3v) is 3.11. The van der Waals surface area contributed by atoms with Gasteiger partial charge in [0, 0.05) is 24.4 Å². The molecule has 0 aliphatic rings. The van der Waals surface area contributed by atoms with E-state index in [2.05, 4.69) is 20.7 Å². The van der Waals surface area contributed by atoms with Gasteiger partial charge in [0.25, 0.3) is 0 Å². The van der Waals surface area contributed by atoms with Gasteiger partial charge in [0.15, 0.2) is 0 Å². The average molecular weight is 249 g/mol. The second-order valence-electron chi connectivity index (χ2n) is 3.60. The number of aryl methyl sites for hydroxylation is 1. The number of anilines is 1. The molecule has 17 heavy (non-hydrogen) atoms. The van der Waals surface area contributed by atoms with Gasteiger partial charge in [-0.3, -0.25) is 0 Å². The maximum absolute atomic E-state index is 5.06. The summed E-state index contributed by atoms with van der Waals surface area (Å²) in [5.41, 5.74) is 1.13. The zero-order valence-corrected chi connectivity index (χ0v) is 10.8. The molecule has 0 saturated carbocycles. The molecular formula is C12H15N3OS. The third-order valence-electron chi connectivity index (χ3n) is 2.29. The normalized spacial score (nSPS) is 10.2. The van der Waals surface area contributed by atoms with E-state index in [4.69, 9.17) is 4.74 Å². The van der Waals surface area contributed by atoms with Crippen LogP contribution in [0.1, 0.15) is 10.7 Å². The summed E-state index contributed by atoms with van der Waals surface area (Å²) < 4.78 is 5.06. The second kappa shape index (κ2) is 5.63. The van der Waals surface area contributed by atoms with E-state index in [0.29, 0.717) is 5.88 Å². The highest BCUT2D eigenvalue weighted by Gasteiger charge is 1.99. The molecule has 2 aromatic heterocycles. The van der Waals surface area contributed by atoms with E-state index in [1.165, 1.54) is 0 Å². The number of nitrogens with one attached hydrogen (secondary N) is 1. The Morgan fingerprint density at radius 1 is 1.35 bits per heavy atom. The quantitative estimate of drug-likeness (QED) is 0.884. The summed E-state index contributed by atoms with van der Waals surface area (Å²) in [6, 6.07) is 5.67. The first-order chi connectivity index (χ1) is 8.28. The molecule has 2 aromatic rings. The SMILES string of the molecule is COc1cccc(NCCc2csc(C)n2)n1. The van der Waals surface area contributed by atoms with E-state index in [9.17, 15) is 0 Å². The lowest BCUT2D eigenvalue weighted by Crippen LogP contribution is -2.06. The summed E-state index contributed by atoms with van der Waals surface area (Å²) in [4.78, 5) is 8.69. The number of hydrogen-bond acceptors (Lipinski definition) is 5. The predicted molar refractivity (Wildman–Crippen MR) is 69.8 cm³/mol. The van der Waals surface area contributed by atoms with Gasteiger partial charge in [-0.05, 0) is 13.0 Å². The summed E-state index contributed by atoms with van der Waals surface area (Å²) in [5, 5.41) is 6.45. The molecule has 1 N–H and O–H groups in total. The second-order valence-corrected chi connectivity index (χ2v) is 4.66. The number of ether oxygens (including phenoxy) is 1. The van der Waals surface area contributed by atoms with Crippen molar-refractivity contribution in [2.24, 2.45) is 0 Å². The van der Waals surface area contributed by atoms with Gasteiger partial charge >= 0.3 is 0 Å². The molecule has 2 heterocycles. The van der Waals surface area contributed by atoms with E-state index < -0.39 is 0 Å². The Hall–Kier alpha value is -1.62. The van der Waals surface area contributed by atoms with Crippen molar-refractivity contribution < 1.29 is 4.74 Å². The van der Waals surface area contributed by atoms with Crippen LogP contribution in [-0.4, -0.2) is 23.6 Å². The Morgan fingerprint density at radius 2 is 2.24 bits per heavy atom. The van der Waals surface area contributed by atoms with Crippen LogP contribution in [0.5, 0.6) is 5.88 Å². The average Bonchev–Trinajstić information content (AvgIpc) is 2.75. The van der Waals surface area contributed by atoms with Crippen LogP contribution in [0.25, 0.3) is 0 Å². The van der Waals surface area contributed by atoms with Crippen molar-refractivity contribution in [3.8, 4) is 5.88 Å². The maximum Gasteiger partial charge on any atom is 0.214 e. The summed E-state index contributed by atoms with van der Waals surface area (Å²) in [6.07, 6.45) is 0.906. The van der Waals surface area contributed by atoms with Crippen molar-refractivity contribution in [2.45, 2.75) is 13.3 Å². The van der Waals surface area contributed by atoms with E-state index in [-0.39, 0.29) is 0 Å². The lowest BCUT2D eigenvalue weighted by molar-refractivity contribution is 0.398. The van der Waals surface area contributed by atoms with Crippen LogP contribution in [0, 0.1) is 6.92 Å². The first kappa shape index (κ1) is 11.9. The zero-order chi connectivity index (χ0) is 12.1. The van der Waals surface area contributed by atoms with E-state index in [1.54, 1.807) is 18.4 Å². The first-order valence-electron chi connectivity index (χ1n) is 5.44. The van der Waals surface area contributed by atoms with Crippen molar-refractivity contribution in [3.63, 3.8) is 0 Å². The molecular weight excluding hydrogens is 234 g/mol. The number of methoxy groups -OCH3 is 1. The highest BCUT2D eigenvalue weighted by Crippen LogP contribution is 2.11. The summed E-state index contributed by atoms with van der Waals surface area (Å²) in [6.45, 7) is 2.84. The number of rotatable bonds is 5. The first-order valence-corrected chi connectivity index (χ1v) is 6.32. The molecule has 0 amide bonds. The molecule has 0 spiro atoms. The number of hydrogen-bond donors (Lipinski definition) is 1. The van der Waals surface area contributed by atoms with Crippen molar-refractivity contribution in [1.82, 2.24) is 9.97 Å².